The average Bonchev–Trinajstić information content (AvgIpc) is 2.33. The first-order chi connectivity index (χ1) is 8.54. The van der Waals surface area contributed by atoms with Gasteiger partial charge in [-0.15, -0.1) is 10.1 Å². The molecule has 2 heterocycles. The van der Waals surface area contributed by atoms with E-state index in [4.69, 9.17) is 0 Å². The second-order valence-corrected chi connectivity index (χ2v) is 5.84. The van der Waals surface area contributed by atoms with E-state index in [-0.39, 0.29) is 23.6 Å². The van der Waals surface area contributed by atoms with Crippen LogP contribution < -0.4 is 0 Å². The van der Waals surface area contributed by atoms with Crippen LogP contribution >= 0.6 is 21.6 Å². The van der Waals surface area contributed by atoms with E-state index < -0.39 is 11.1 Å². The Morgan fingerprint density at radius 1 is 1.67 bits per heavy atom. The third-order valence-electron chi connectivity index (χ3n) is 2.35. The van der Waals surface area contributed by atoms with Crippen LogP contribution in [0.25, 0.3) is 0 Å². The van der Waals surface area contributed by atoms with Crippen molar-refractivity contribution in [3.63, 3.8) is 0 Å². The van der Waals surface area contributed by atoms with Gasteiger partial charge in [0, 0.05) is 0 Å². The number of hydrogen-bond acceptors (Lipinski definition) is 8. The van der Waals surface area contributed by atoms with Crippen LogP contribution in [-0.2, 0) is 19.2 Å². The van der Waals surface area contributed by atoms with Gasteiger partial charge in [-0.05, 0) is 0 Å². The first-order valence-electron chi connectivity index (χ1n) is 4.78. The van der Waals surface area contributed by atoms with Gasteiger partial charge in [0.15, 0.2) is 0 Å². The zero-order valence-corrected chi connectivity index (χ0v) is 10.8. The lowest BCUT2D eigenvalue weighted by Crippen LogP contribution is -2.53. The molecule has 18 heavy (non-hydrogen) atoms. The Hall–Kier alpha value is -1.42. The van der Waals surface area contributed by atoms with Gasteiger partial charge in [0.1, 0.15) is 17.7 Å². The monoisotopic (exact) mass is 292 g/mol. The van der Waals surface area contributed by atoms with E-state index in [2.05, 4.69) is 9.57 Å². The van der Waals surface area contributed by atoms with Gasteiger partial charge in [0.05, 0.1) is 18.4 Å². The molecule has 98 valence electrons. The fraction of sp³-hybridized carbons (Fsp3) is 0.500. The van der Waals surface area contributed by atoms with E-state index in [0.717, 1.165) is 0 Å². The van der Waals surface area contributed by atoms with E-state index in [9.17, 15) is 19.7 Å². The highest BCUT2D eigenvalue weighted by Crippen LogP contribution is 2.49. The highest BCUT2D eigenvalue weighted by molar-refractivity contribution is 8.78. The van der Waals surface area contributed by atoms with Gasteiger partial charge in [-0.1, -0.05) is 21.6 Å². The number of nitrogens with zero attached hydrogens (tertiary/aromatic N) is 2. The van der Waals surface area contributed by atoms with Crippen LogP contribution in [-0.4, -0.2) is 41.0 Å². The molecule has 1 amide bonds. The van der Waals surface area contributed by atoms with Crippen LogP contribution in [0.1, 0.15) is 6.42 Å². The largest absolute Gasteiger partial charge is 0.464 e. The van der Waals surface area contributed by atoms with Crippen LogP contribution in [0.3, 0.4) is 0 Å². The maximum absolute atomic E-state index is 11.6. The summed E-state index contributed by atoms with van der Waals surface area (Å²) in [5, 5.41) is 9.10. The van der Waals surface area contributed by atoms with Crippen molar-refractivity contribution < 1.29 is 24.3 Å². The van der Waals surface area contributed by atoms with Crippen LogP contribution in [0, 0.1) is 10.1 Å². The second-order valence-electron chi connectivity index (χ2n) is 3.36. The molecule has 8 nitrogen and oxygen atoms in total. The summed E-state index contributed by atoms with van der Waals surface area (Å²) >= 11 is 0. The van der Waals surface area contributed by atoms with Crippen LogP contribution in [0.4, 0.5) is 0 Å². The number of carbonyl (C=O) groups is 2. The average molecular weight is 292 g/mol. The van der Waals surface area contributed by atoms with Crippen LogP contribution in [0.2, 0.25) is 0 Å². The van der Waals surface area contributed by atoms with Gasteiger partial charge >= 0.3 is 5.97 Å². The molecule has 0 unspecified atom stereocenters. The number of β-lactam (4-membered cyclic amide) rings is 1. The SMILES string of the molecule is COC(=O)C1=C(CO[N+](=O)[O-])SS[C@@H]2CC(=O)N12. The minimum absolute atomic E-state index is 0.0457. The minimum atomic E-state index is -0.947. The van der Waals surface area contributed by atoms with Crippen molar-refractivity contribution in [1.29, 1.82) is 0 Å². The number of amides is 1. The maximum Gasteiger partial charge on any atom is 0.355 e. The summed E-state index contributed by atoms with van der Waals surface area (Å²) < 4.78 is 4.59. The Bertz CT molecular complexity index is 451. The van der Waals surface area contributed by atoms with Gasteiger partial charge in [-0.2, -0.15) is 0 Å². The molecule has 0 aromatic heterocycles. The molecule has 2 rings (SSSR count). The first-order valence-corrected chi connectivity index (χ1v) is 7.00. The molecule has 1 saturated heterocycles. The van der Waals surface area contributed by atoms with E-state index in [1.54, 1.807) is 0 Å². The highest BCUT2D eigenvalue weighted by atomic mass is 33.1. The third kappa shape index (κ3) is 2.25. The molecule has 0 spiro atoms. The quantitative estimate of drug-likeness (QED) is 0.243. The highest BCUT2D eigenvalue weighted by Gasteiger charge is 2.46. The Labute approximate surface area is 109 Å². The molecule has 0 aliphatic carbocycles. The third-order valence-corrected chi connectivity index (χ3v) is 5.12. The summed E-state index contributed by atoms with van der Waals surface area (Å²) in [5.41, 5.74) is 0.0457. The van der Waals surface area contributed by atoms with Crippen molar-refractivity contribution >= 4 is 33.5 Å². The molecule has 1 atom stereocenters. The van der Waals surface area contributed by atoms with Crippen molar-refractivity contribution in [3.05, 3.63) is 20.7 Å². The number of fused-ring (bicyclic) bond motifs is 1. The molecule has 0 bridgehead atoms. The molecule has 0 radical (unpaired) electrons. The molecule has 2 aliphatic rings. The first kappa shape index (κ1) is 13.0. The normalized spacial score (nSPS) is 22.2. The summed E-state index contributed by atoms with van der Waals surface area (Å²) in [7, 11) is 3.74. The zero-order valence-electron chi connectivity index (χ0n) is 9.15. The van der Waals surface area contributed by atoms with Crippen molar-refractivity contribution in [3.8, 4) is 0 Å². The minimum Gasteiger partial charge on any atom is -0.464 e. The predicted molar refractivity (Wildman–Crippen MR) is 62.4 cm³/mol. The Kier molecular flexibility index (Phi) is 3.66. The lowest BCUT2D eigenvalue weighted by Gasteiger charge is -2.43. The van der Waals surface area contributed by atoms with E-state index in [1.807, 2.05) is 0 Å². The molecule has 0 saturated carbocycles. The van der Waals surface area contributed by atoms with E-state index in [0.29, 0.717) is 11.3 Å². The van der Waals surface area contributed by atoms with E-state index >= 15 is 0 Å². The van der Waals surface area contributed by atoms with Crippen molar-refractivity contribution in [2.75, 3.05) is 13.7 Å². The van der Waals surface area contributed by atoms with E-state index in [1.165, 1.54) is 33.6 Å². The molecular weight excluding hydrogens is 284 g/mol. The fourth-order valence-electron chi connectivity index (χ4n) is 1.53. The number of carbonyl (C=O) groups excluding carboxylic acids is 2. The topological polar surface area (TPSA) is 99.0 Å². The van der Waals surface area contributed by atoms with Gasteiger partial charge in [-0.25, -0.2) is 4.79 Å². The zero-order chi connectivity index (χ0) is 13.3. The number of rotatable bonds is 4. The lowest BCUT2D eigenvalue weighted by atomic mass is 10.1. The predicted octanol–water partition coefficient (Wildman–Crippen LogP) is 0.533. The fourth-order valence-corrected chi connectivity index (χ4v) is 4.17. The molecule has 0 aromatic carbocycles. The van der Waals surface area contributed by atoms with Crippen LogP contribution in [0.15, 0.2) is 10.6 Å². The summed E-state index contributed by atoms with van der Waals surface area (Å²) in [6.45, 7) is -0.369. The Morgan fingerprint density at radius 3 is 2.94 bits per heavy atom. The van der Waals surface area contributed by atoms with Gasteiger partial charge in [0.25, 0.3) is 5.09 Å². The second kappa shape index (κ2) is 5.06. The van der Waals surface area contributed by atoms with Crippen molar-refractivity contribution in [1.82, 2.24) is 4.90 Å². The lowest BCUT2D eigenvalue weighted by molar-refractivity contribution is -0.755. The molecule has 10 heteroatoms. The Morgan fingerprint density at radius 2 is 2.39 bits per heavy atom. The Balaban J connectivity index is 2.26. The standard InChI is InChI=1S/C8H8N2O6S2/c1-15-8(12)7-4(3-16-10(13)14)17-18-6-2-5(11)9(6)7/h6H,2-3H2,1H3/t6-/m1/s1. The summed E-state index contributed by atoms with van der Waals surface area (Å²) in [6, 6.07) is 0. The maximum atomic E-state index is 11.6. The molecule has 0 N–H and O–H groups in total. The number of ether oxygens (including phenoxy) is 1. The number of methoxy groups -OCH3 is 1. The summed E-state index contributed by atoms with van der Waals surface area (Å²) in [4.78, 5) is 39.1. The van der Waals surface area contributed by atoms with Crippen molar-refractivity contribution in [2.24, 2.45) is 0 Å². The molecule has 2 aliphatic heterocycles. The molecule has 1 fully saturated rings. The molecule has 0 aromatic rings. The van der Waals surface area contributed by atoms with Gasteiger partial charge in [-0.3, -0.25) is 9.69 Å². The molecular formula is C8H8N2O6S2. The van der Waals surface area contributed by atoms with Crippen molar-refractivity contribution in [2.45, 2.75) is 11.8 Å². The summed E-state index contributed by atoms with van der Waals surface area (Å²) in [6.07, 6.45) is 0.349. The van der Waals surface area contributed by atoms with Crippen LogP contribution in [0.5, 0.6) is 0 Å². The number of hydrogen-bond donors (Lipinski definition) is 0. The number of esters is 1. The summed E-state index contributed by atoms with van der Waals surface area (Å²) in [5.74, 6) is -0.894. The van der Waals surface area contributed by atoms with Gasteiger partial charge in [0.2, 0.25) is 5.91 Å². The van der Waals surface area contributed by atoms with Gasteiger partial charge < -0.3 is 9.57 Å². The smallest absolute Gasteiger partial charge is 0.355 e.